The lowest BCUT2D eigenvalue weighted by atomic mass is 10.0. The van der Waals surface area contributed by atoms with Gasteiger partial charge in [0, 0.05) is 6.54 Å². The second-order valence-corrected chi connectivity index (χ2v) is 5.56. The summed E-state index contributed by atoms with van der Waals surface area (Å²) in [6.07, 6.45) is -8.60. The van der Waals surface area contributed by atoms with E-state index >= 15 is 0 Å². The monoisotopic (exact) mass is 445 g/mol. The Balaban J connectivity index is 2.49. The minimum Gasteiger partial charge on any atom is -0.320 e. The predicted octanol–water partition coefficient (Wildman–Crippen LogP) is 4.45. The fourth-order valence-corrected chi connectivity index (χ4v) is 2.41. The number of nitriles is 1. The minimum atomic E-state index is -4.89. The molecule has 1 aromatic carbocycles. The number of rotatable bonds is 2. The average Bonchev–Trinajstić information content (AvgIpc) is 2.77. The molecule has 0 saturated carbocycles. The van der Waals surface area contributed by atoms with Gasteiger partial charge < -0.3 is 4.57 Å². The summed E-state index contributed by atoms with van der Waals surface area (Å²) in [7, 11) is 0. The van der Waals surface area contributed by atoms with Crippen molar-refractivity contribution in [1.82, 2.24) is 9.55 Å². The minimum absolute atomic E-state index is 0.0496. The molecule has 0 amide bonds. The van der Waals surface area contributed by atoms with Crippen LogP contribution >= 0.6 is 22.6 Å². The predicted molar refractivity (Wildman–Crippen MR) is 75.2 cm³/mol. The molecule has 2 aromatic rings. The summed E-state index contributed by atoms with van der Waals surface area (Å²) in [4.78, 5) is 3.72. The van der Waals surface area contributed by atoms with Gasteiger partial charge in [-0.3, -0.25) is 0 Å². The summed E-state index contributed by atoms with van der Waals surface area (Å²) in [5.41, 5.74) is -2.89. The maximum atomic E-state index is 12.8. The van der Waals surface area contributed by atoms with Crippen LogP contribution in [0.5, 0.6) is 0 Å². The number of aromatic nitrogens is 2. The molecular weight excluding hydrogens is 439 g/mol. The normalized spacial score (nSPS) is 12.3. The van der Waals surface area contributed by atoms with E-state index in [1.54, 1.807) is 28.7 Å². The Kier molecular flexibility index (Phi) is 4.61. The molecule has 0 radical (unpaired) electrons. The maximum Gasteiger partial charge on any atom is 0.416 e. The number of nitrogens with zero attached hydrogens (tertiary/aromatic N) is 3. The van der Waals surface area contributed by atoms with Crippen LogP contribution in [0.4, 0.5) is 26.3 Å². The first-order valence-electron chi connectivity index (χ1n) is 5.91. The quantitative estimate of drug-likeness (QED) is 0.507. The maximum absolute atomic E-state index is 12.8. The molecule has 2 rings (SSSR count). The first-order valence-corrected chi connectivity index (χ1v) is 6.99. The lowest BCUT2D eigenvalue weighted by Gasteiger charge is -2.14. The van der Waals surface area contributed by atoms with Crippen LogP contribution in [0.25, 0.3) is 0 Å². The van der Waals surface area contributed by atoms with Crippen molar-refractivity contribution in [2.75, 3.05) is 0 Å². The number of halogens is 7. The van der Waals surface area contributed by atoms with E-state index in [0.717, 1.165) is 0 Å². The molecule has 1 heterocycles. The van der Waals surface area contributed by atoms with Gasteiger partial charge in [-0.05, 0) is 46.4 Å². The number of hydrogen-bond donors (Lipinski definition) is 0. The zero-order valence-electron chi connectivity index (χ0n) is 11.0. The van der Waals surface area contributed by atoms with E-state index < -0.39 is 23.5 Å². The number of benzene rings is 1. The van der Waals surface area contributed by atoms with Crippen LogP contribution < -0.4 is 0 Å². The molecule has 0 unspecified atom stereocenters. The highest BCUT2D eigenvalue weighted by atomic mass is 127. The second-order valence-electron chi connectivity index (χ2n) is 4.54. The lowest BCUT2D eigenvalue weighted by molar-refractivity contribution is -0.143. The van der Waals surface area contributed by atoms with Gasteiger partial charge in [0.2, 0.25) is 0 Å². The Morgan fingerprint density at radius 3 is 1.96 bits per heavy atom. The van der Waals surface area contributed by atoms with E-state index in [-0.39, 0.29) is 23.9 Å². The van der Waals surface area contributed by atoms with E-state index in [9.17, 15) is 26.3 Å². The van der Waals surface area contributed by atoms with Crippen molar-refractivity contribution in [1.29, 1.82) is 5.26 Å². The third kappa shape index (κ3) is 3.95. The van der Waals surface area contributed by atoms with Crippen molar-refractivity contribution in [3.05, 3.63) is 50.6 Å². The number of hydrogen-bond acceptors (Lipinski definition) is 2. The topological polar surface area (TPSA) is 41.6 Å². The Bertz CT molecular complexity index is 737. The van der Waals surface area contributed by atoms with Crippen LogP contribution in [0.3, 0.4) is 0 Å². The molecule has 0 saturated heterocycles. The van der Waals surface area contributed by atoms with Crippen LogP contribution in [0.2, 0.25) is 0 Å². The van der Waals surface area contributed by atoms with Gasteiger partial charge in [-0.15, -0.1) is 0 Å². The molecule has 0 aliphatic carbocycles. The van der Waals surface area contributed by atoms with Crippen LogP contribution in [-0.2, 0) is 18.9 Å². The summed E-state index contributed by atoms with van der Waals surface area (Å²) >= 11 is 1.75. The van der Waals surface area contributed by atoms with Gasteiger partial charge in [0.05, 0.1) is 17.5 Å². The third-order valence-electron chi connectivity index (χ3n) is 2.88. The molecule has 0 aliphatic heterocycles. The van der Waals surface area contributed by atoms with Crippen molar-refractivity contribution < 1.29 is 26.3 Å². The Labute approximate surface area is 139 Å². The SMILES string of the molecule is N#Cc1ncn(Cc2cc(C(F)(F)F)cc(C(F)(F)F)c2)c1I. The standard InChI is InChI=1S/C13H6F6IN3/c14-12(15,16)8-1-7(2-9(3-8)13(17,18)19)5-23-6-22-10(4-21)11(23)20/h1-3,6H,5H2. The van der Waals surface area contributed by atoms with Gasteiger partial charge in [0.15, 0.2) is 5.69 Å². The molecule has 1 aromatic heterocycles. The summed E-state index contributed by atoms with van der Waals surface area (Å²) in [5, 5.41) is 8.77. The van der Waals surface area contributed by atoms with Crippen molar-refractivity contribution in [3.8, 4) is 6.07 Å². The van der Waals surface area contributed by atoms with Crippen LogP contribution in [0.1, 0.15) is 22.4 Å². The van der Waals surface area contributed by atoms with Gasteiger partial charge in [0.1, 0.15) is 9.77 Å². The highest BCUT2D eigenvalue weighted by Crippen LogP contribution is 2.36. The second kappa shape index (κ2) is 6.03. The van der Waals surface area contributed by atoms with Gasteiger partial charge >= 0.3 is 12.4 Å². The van der Waals surface area contributed by atoms with Crippen molar-refractivity contribution in [3.63, 3.8) is 0 Å². The van der Waals surface area contributed by atoms with Crippen molar-refractivity contribution in [2.45, 2.75) is 18.9 Å². The average molecular weight is 445 g/mol. The zero-order chi connectivity index (χ0) is 17.4. The smallest absolute Gasteiger partial charge is 0.320 e. The molecule has 0 bridgehead atoms. The van der Waals surface area contributed by atoms with E-state index in [1.165, 1.54) is 10.9 Å². The lowest BCUT2D eigenvalue weighted by Crippen LogP contribution is -2.13. The highest BCUT2D eigenvalue weighted by Gasteiger charge is 2.36. The largest absolute Gasteiger partial charge is 0.416 e. The van der Waals surface area contributed by atoms with Crippen molar-refractivity contribution in [2.24, 2.45) is 0 Å². The zero-order valence-corrected chi connectivity index (χ0v) is 13.2. The van der Waals surface area contributed by atoms with Gasteiger partial charge in [-0.1, -0.05) is 0 Å². The van der Waals surface area contributed by atoms with E-state index in [1.807, 2.05) is 0 Å². The summed E-state index contributed by atoms with van der Waals surface area (Å²) in [6.45, 7) is -0.264. The molecule has 3 nitrogen and oxygen atoms in total. The number of imidazole rings is 1. The van der Waals surface area contributed by atoms with Crippen LogP contribution in [0.15, 0.2) is 24.5 Å². The Morgan fingerprint density at radius 2 is 1.57 bits per heavy atom. The molecule has 0 aliphatic rings. The molecule has 0 spiro atoms. The van der Waals surface area contributed by atoms with E-state index in [4.69, 9.17) is 5.26 Å². The van der Waals surface area contributed by atoms with E-state index in [0.29, 0.717) is 15.8 Å². The Morgan fingerprint density at radius 1 is 1.04 bits per heavy atom. The van der Waals surface area contributed by atoms with Crippen molar-refractivity contribution >= 4 is 22.6 Å². The number of alkyl halides is 6. The molecule has 10 heteroatoms. The van der Waals surface area contributed by atoms with Crippen LogP contribution in [-0.4, -0.2) is 9.55 Å². The Hall–Kier alpha value is -1.77. The van der Waals surface area contributed by atoms with Crippen LogP contribution in [0, 0.1) is 15.0 Å². The summed E-state index contributed by atoms with van der Waals surface area (Å²) < 4.78 is 78.3. The molecule has 23 heavy (non-hydrogen) atoms. The molecule has 0 atom stereocenters. The first kappa shape index (κ1) is 17.6. The first-order chi connectivity index (χ1) is 10.5. The highest BCUT2D eigenvalue weighted by molar-refractivity contribution is 14.1. The molecule has 0 fully saturated rings. The van der Waals surface area contributed by atoms with Gasteiger partial charge in [-0.25, -0.2) is 4.98 Å². The fourth-order valence-electron chi connectivity index (χ4n) is 1.86. The molecular formula is C13H6F6IN3. The third-order valence-corrected chi connectivity index (χ3v) is 4.01. The molecule has 0 N–H and O–H groups in total. The van der Waals surface area contributed by atoms with E-state index in [2.05, 4.69) is 4.98 Å². The van der Waals surface area contributed by atoms with Gasteiger partial charge in [-0.2, -0.15) is 31.6 Å². The molecule has 122 valence electrons. The fraction of sp³-hybridized carbons (Fsp3) is 0.231. The summed E-state index contributed by atoms with van der Waals surface area (Å²) in [5.74, 6) is 0. The van der Waals surface area contributed by atoms with Gasteiger partial charge in [0.25, 0.3) is 0 Å². The summed E-state index contributed by atoms with van der Waals surface area (Å²) in [6, 6.07) is 3.15.